The summed E-state index contributed by atoms with van der Waals surface area (Å²) in [6.45, 7) is 1.85. The number of para-hydroxylation sites is 2. The van der Waals surface area contributed by atoms with Crippen LogP contribution < -0.4 is 14.8 Å². The first-order valence-corrected chi connectivity index (χ1v) is 5.59. The van der Waals surface area contributed by atoms with Crippen LogP contribution in [0.3, 0.4) is 0 Å². The van der Waals surface area contributed by atoms with E-state index in [9.17, 15) is 0 Å². The first-order chi connectivity index (χ1) is 8.34. The van der Waals surface area contributed by atoms with Crippen molar-refractivity contribution in [2.24, 2.45) is 4.99 Å². The van der Waals surface area contributed by atoms with Gasteiger partial charge in [0.2, 0.25) is 0 Å². The fourth-order valence-corrected chi connectivity index (χ4v) is 2.00. The van der Waals surface area contributed by atoms with Crippen LogP contribution in [0.1, 0.15) is 0 Å². The normalized spacial score (nSPS) is 24.8. The molecule has 2 aliphatic heterocycles. The quantitative estimate of drug-likeness (QED) is 0.896. The highest BCUT2D eigenvalue weighted by Crippen LogP contribution is 2.35. The maximum absolute atomic E-state index is 5.91. The molecule has 1 aromatic rings. The Hall–Kier alpha value is -1.27. The monoisotopic (exact) mass is 314 g/mol. The molecular formula is C12H15BrN2O3. The van der Waals surface area contributed by atoms with Gasteiger partial charge < -0.3 is 19.5 Å². The molecule has 1 atom stereocenters. The lowest BCUT2D eigenvalue weighted by Gasteiger charge is -2.36. The van der Waals surface area contributed by atoms with E-state index in [1.807, 2.05) is 24.3 Å². The molecule has 0 fully saturated rings. The zero-order valence-electron chi connectivity index (χ0n) is 10.0. The summed E-state index contributed by atoms with van der Waals surface area (Å²) in [7, 11) is 1.60. The SMILES string of the molecule is Br.CO[C@]1(C2=NCCN2)COc2ccccc2O1. The van der Waals surface area contributed by atoms with Crippen molar-refractivity contribution in [3.8, 4) is 11.5 Å². The van der Waals surface area contributed by atoms with E-state index in [1.54, 1.807) is 7.11 Å². The third-order valence-electron chi connectivity index (χ3n) is 2.91. The number of hydrogen-bond acceptors (Lipinski definition) is 5. The van der Waals surface area contributed by atoms with Gasteiger partial charge in [-0.3, -0.25) is 4.99 Å². The lowest BCUT2D eigenvalue weighted by atomic mass is 10.2. The number of nitrogens with one attached hydrogen (secondary N) is 1. The highest BCUT2D eigenvalue weighted by atomic mass is 79.9. The molecule has 0 saturated carbocycles. The predicted molar refractivity (Wildman–Crippen MR) is 72.9 cm³/mol. The van der Waals surface area contributed by atoms with Crippen molar-refractivity contribution in [1.82, 2.24) is 5.32 Å². The number of ether oxygens (including phenoxy) is 3. The Balaban J connectivity index is 0.00000120. The van der Waals surface area contributed by atoms with Crippen LogP contribution in [0.5, 0.6) is 11.5 Å². The number of hydrogen-bond donors (Lipinski definition) is 1. The van der Waals surface area contributed by atoms with E-state index in [1.165, 1.54) is 0 Å². The Kier molecular flexibility index (Phi) is 3.77. The van der Waals surface area contributed by atoms with Gasteiger partial charge in [0.1, 0.15) is 0 Å². The standard InChI is InChI=1S/C12H14N2O3.BrH/c1-15-12(11-13-6-7-14-11)8-16-9-4-2-3-5-10(9)17-12;/h2-5H,6-8H2,1H3,(H,13,14);1H/t12-;/m1./s1. The zero-order valence-corrected chi connectivity index (χ0v) is 11.7. The molecule has 0 saturated heterocycles. The summed E-state index contributed by atoms with van der Waals surface area (Å²) >= 11 is 0. The number of amidine groups is 1. The van der Waals surface area contributed by atoms with Crippen LogP contribution in [0, 0.1) is 0 Å². The summed E-state index contributed by atoms with van der Waals surface area (Å²) in [4.78, 5) is 4.35. The van der Waals surface area contributed by atoms with Gasteiger partial charge in [-0.25, -0.2) is 0 Å². The summed E-state index contributed by atoms with van der Waals surface area (Å²) in [5.41, 5.74) is 0. The fraction of sp³-hybridized carbons (Fsp3) is 0.417. The van der Waals surface area contributed by atoms with Gasteiger partial charge in [0.05, 0.1) is 6.54 Å². The molecule has 0 bridgehead atoms. The Bertz CT molecular complexity index is 466. The maximum atomic E-state index is 5.91. The molecule has 0 aliphatic carbocycles. The molecule has 0 aromatic heterocycles. The zero-order chi connectivity index (χ0) is 11.7. The highest BCUT2D eigenvalue weighted by molar-refractivity contribution is 8.93. The maximum Gasteiger partial charge on any atom is 0.303 e. The van der Waals surface area contributed by atoms with Crippen LogP contribution in [-0.4, -0.2) is 38.4 Å². The van der Waals surface area contributed by atoms with Crippen molar-refractivity contribution in [1.29, 1.82) is 0 Å². The molecule has 3 rings (SSSR count). The van der Waals surface area contributed by atoms with E-state index in [0.717, 1.165) is 18.8 Å². The first kappa shape index (κ1) is 13.2. The largest absolute Gasteiger partial charge is 0.482 e. The van der Waals surface area contributed by atoms with Crippen LogP contribution in [0.15, 0.2) is 29.3 Å². The second kappa shape index (κ2) is 5.16. The van der Waals surface area contributed by atoms with E-state index in [2.05, 4.69) is 10.3 Å². The molecule has 6 heteroatoms. The summed E-state index contributed by atoms with van der Waals surface area (Å²) in [5, 5.41) is 3.17. The lowest BCUT2D eigenvalue weighted by Crippen LogP contribution is -2.56. The predicted octanol–water partition coefficient (Wildman–Crippen LogP) is 1.38. The average molecular weight is 315 g/mol. The van der Waals surface area contributed by atoms with Crippen LogP contribution >= 0.6 is 17.0 Å². The number of benzene rings is 1. The minimum Gasteiger partial charge on any atom is -0.482 e. The van der Waals surface area contributed by atoms with E-state index in [-0.39, 0.29) is 17.0 Å². The second-order valence-electron chi connectivity index (χ2n) is 3.95. The fourth-order valence-electron chi connectivity index (χ4n) is 2.00. The van der Waals surface area contributed by atoms with Gasteiger partial charge in [-0.05, 0) is 12.1 Å². The molecule has 0 radical (unpaired) electrons. The van der Waals surface area contributed by atoms with Crippen LogP contribution in [0.2, 0.25) is 0 Å². The molecule has 1 aromatic carbocycles. The van der Waals surface area contributed by atoms with Crippen molar-refractivity contribution in [2.45, 2.75) is 5.79 Å². The van der Waals surface area contributed by atoms with Gasteiger partial charge in [0.15, 0.2) is 23.9 Å². The summed E-state index contributed by atoms with van der Waals surface area (Å²) in [5.74, 6) is 1.18. The van der Waals surface area contributed by atoms with Crippen LogP contribution in [-0.2, 0) is 4.74 Å². The molecule has 5 nitrogen and oxygen atoms in total. The average Bonchev–Trinajstić information content (AvgIpc) is 2.92. The molecule has 2 heterocycles. The lowest BCUT2D eigenvalue weighted by molar-refractivity contribution is -0.145. The van der Waals surface area contributed by atoms with Crippen LogP contribution in [0.4, 0.5) is 0 Å². The topological polar surface area (TPSA) is 52.1 Å². The number of rotatable bonds is 2. The summed E-state index contributed by atoms with van der Waals surface area (Å²) in [6.07, 6.45) is 0. The summed E-state index contributed by atoms with van der Waals surface area (Å²) in [6, 6.07) is 7.54. The van der Waals surface area contributed by atoms with Gasteiger partial charge in [-0.2, -0.15) is 0 Å². The highest BCUT2D eigenvalue weighted by Gasteiger charge is 2.44. The van der Waals surface area contributed by atoms with E-state index >= 15 is 0 Å². The van der Waals surface area contributed by atoms with Crippen molar-refractivity contribution >= 4 is 22.8 Å². The number of nitrogens with zero attached hydrogens (tertiary/aromatic N) is 1. The van der Waals surface area contributed by atoms with Gasteiger partial charge in [-0.1, -0.05) is 12.1 Å². The molecule has 0 amide bonds. The Morgan fingerprint density at radius 2 is 2.11 bits per heavy atom. The smallest absolute Gasteiger partial charge is 0.303 e. The Labute approximate surface area is 116 Å². The third kappa shape index (κ3) is 2.06. The van der Waals surface area contributed by atoms with Crippen molar-refractivity contribution in [3.05, 3.63) is 24.3 Å². The number of aliphatic imine (C=N–C) groups is 1. The van der Waals surface area contributed by atoms with Gasteiger partial charge in [0, 0.05) is 13.7 Å². The number of halogens is 1. The number of fused-ring (bicyclic) bond motifs is 1. The molecule has 1 N–H and O–H groups in total. The van der Waals surface area contributed by atoms with Crippen molar-refractivity contribution in [3.63, 3.8) is 0 Å². The van der Waals surface area contributed by atoms with Gasteiger partial charge in [-0.15, -0.1) is 17.0 Å². The van der Waals surface area contributed by atoms with E-state index in [4.69, 9.17) is 14.2 Å². The molecule has 18 heavy (non-hydrogen) atoms. The van der Waals surface area contributed by atoms with Crippen molar-refractivity contribution in [2.75, 3.05) is 26.8 Å². The van der Waals surface area contributed by atoms with Crippen LogP contribution in [0.25, 0.3) is 0 Å². The molecule has 0 unspecified atom stereocenters. The molecule has 0 spiro atoms. The first-order valence-electron chi connectivity index (χ1n) is 5.59. The minimum atomic E-state index is -0.940. The Morgan fingerprint density at radius 1 is 1.33 bits per heavy atom. The summed E-state index contributed by atoms with van der Waals surface area (Å²) < 4.78 is 17.1. The molecular weight excluding hydrogens is 300 g/mol. The van der Waals surface area contributed by atoms with Gasteiger partial charge in [0.25, 0.3) is 0 Å². The van der Waals surface area contributed by atoms with Gasteiger partial charge >= 0.3 is 5.79 Å². The number of methoxy groups -OCH3 is 1. The second-order valence-corrected chi connectivity index (χ2v) is 3.95. The van der Waals surface area contributed by atoms with Crippen molar-refractivity contribution < 1.29 is 14.2 Å². The van der Waals surface area contributed by atoms with E-state index in [0.29, 0.717) is 18.2 Å². The molecule has 2 aliphatic rings. The van der Waals surface area contributed by atoms with E-state index < -0.39 is 5.79 Å². The molecule has 98 valence electrons. The third-order valence-corrected chi connectivity index (χ3v) is 2.91. The Morgan fingerprint density at radius 3 is 2.78 bits per heavy atom. The minimum absolute atomic E-state index is 0.